The molecule has 0 amide bonds. The van der Waals surface area contributed by atoms with E-state index in [4.69, 9.17) is 11.6 Å². The third-order valence-electron chi connectivity index (χ3n) is 4.40. The van der Waals surface area contributed by atoms with Gasteiger partial charge in [-0.2, -0.15) is 0 Å². The van der Waals surface area contributed by atoms with E-state index in [1.807, 2.05) is 60.7 Å². The van der Waals surface area contributed by atoms with E-state index in [2.05, 4.69) is 4.98 Å². The molecular weight excluding hydrogens is 334 g/mol. The minimum absolute atomic E-state index is 0.162. The van der Waals surface area contributed by atoms with Crippen LogP contribution < -0.4 is 5.69 Å². The van der Waals surface area contributed by atoms with Gasteiger partial charge in [0.15, 0.2) is 5.65 Å². The quantitative estimate of drug-likeness (QED) is 0.450. The van der Waals surface area contributed by atoms with Crippen LogP contribution in [-0.4, -0.2) is 14.0 Å². The molecule has 0 saturated heterocycles. The van der Waals surface area contributed by atoms with Gasteiger partial charge in [0.25, 0.3) is 0 Å². The van der Waals surface area contributed by atoms with Crippen molar-refractivity contribution in [3.8, 4) is 5.69 Å². The van der Waals surface area contributed by atoms with Gasteiger partial charge < -0.3 is 0 Å². The van der Waals surface area contributed by atoms with Crippen molar-refractivity contribution >= 4 is 39.2 Å². The van der Waals surface area contributed by atoms with E-state index in [0.29, 0.717) is 16.2 Å². The fourth-order valence-corrected chi connectivity index (χ4v) is 3.48. The Morgan fingerprint density at radius 3 is 2.44 bits per heavy atom. The third-order valence-corrected chi connectivity index (χ3v) is 4.63. The van der Waals surface area contributed by atoms with E-state index in [1.165, 1.54) is 0 Å². The van der Waals surface area contributed by atoms with Crippen LogP contribution in [0.15, 0.2) is 77.6 Å². The molecule has 5 heteroatoms. The molecule has 2 aromatic heterocycles. The van der Waals surface area contributed by atoms with Gasteiger partial charge >= 0.3 is 5.69 Å². The highest BCUT2D eigenvalue weighted by molar-refractivity contribution is 6.31. The summed E-state index contributed by atoms with van der Waals surface area (Å²) in [6.07, 6.45) is 0. The Kier molecular flexibility index (Phi) is 2.96. The van der Waals surface area contributed by atoms with Crippen molar-refractivity contribution in [1.82, 2.24) is 14.0 Å². The molecule has 5 rings (SSSR count). The van der Waals surface area contributed by atoms with Gasteiger partial charge in [0, 0.05) is 10.4 Å². The summed E-state index contributed by atoms with van der Waals surface area (Å²) in [6.45, 7) is 0. The second-order valence-corrected chi connectivity index (χ2v) is 6.31. The first-order valence-corrected chi connectivity index (χ1v) is 8.29. The number of aromatic nitrogens is 3. The molecule has 0 spiro atoms. The number of rotatable bonds is 1. The zero-order valence-electron chi connectivity index (χ0n) is 13.1. The zero-order chi connectivity index (χ0) is 17.0. The molecule has 0 unspecified atom stereocenters. The number of benzene rings is 3. The predicted octanol–water partition coefficient (Wildman–Crippen LogP) is 4.45. The van der Waals surface area contributed by atoms with Crippen LogP contribution in [0, 0.1) is 0 Å². The highest BCUT2D eigenvalue weighted by atomic mass is 35.5. The van der Waals surface area contributed by atoms with E-state index in [0.717, 1.165) is 22.1 Å². The highest BCUT2D eigenvalue weighted by Gasteiger charge is 2.16. The Labute approximate surface area is 147 Å². The van der Waals surface area contributed by atoms with Gasteiger partial charge in [-0.25, -0.2) is 14.2 Å². The van der Waals surface area contributed by atoms with Gasteiger partial charge in [0.1, 0.15) is 0 Å². The largest absolute Gasteiger partial charge is 0.339 e. The van der Waals surface area contributed by atoms with Crippen LogP contribution in [0.5, 0.6) is 0 Å². The molecule has 0 fully saturated rings. The lowest BCUT2D eigenvalue weighted by Gasteiger charge is -2.11. The molecule has 120 valence electrons. The molecule has 5 aromatic rings. The number of imidazole rings is 1. The molecule has 2 heterocycles. The standard InChI is InChI=1S/C20H12ClN3O/c21-13-10-11-16-18(12-13)24-19(22-16)15-8-4-5-9-17(15)23(20(24)25)14-6-2-1-3-7-14/h1-12H. The number of fused-ring (bicyclic) bond motifs is 5. The predicted molar refractivity (Wildman–Crippen MR) is 101 cm³/mol. The number of nitrogens with zero attached hydrogens (tertiary/aromatic N) is 3. The van der Waals surface area contributed by atoms with Crippen molar-refractivity contribution in [2.75, 3.05) is 0 Å². The summed E-state index contributed by atoms with van der Waals surface area (Å²) in [5, 5.41) is 1.49. The van der Waals surface area contributed by atoms with Crippen LogP contribution in [0.3, 0.4) is 0 Å². The Hall–Kier alpha value is -3.11. The van der Waals surface area contributed by atoms with Crippen molar-refractivity contribution in [3.05, 3.63) is 88.3 Å². The van der Waals surface area contributed by atoms with Crippen LogP contribution in [0.1, 0.15) is 0 Å². The fraction of sp³-hybridized carbons (Fsp3) is 0. The van der Waals surface area contributed by atoms with E-state index in [1.54, 1.807) is 21.1 Å². The molecule has 0 saturated carbocycles. The Balaban J connectivity index is 2.09. The maximum absolute atomic E-state index is 13.4. The van der Waals surface area contributed by atoms with E-state index >= 15 is 0 Å². The Bertz CT molecular complexity index is 1320. The van der Waals surface area contributed by atoms with Crippen molar-refractivity contribution < 1.29 is 0 Å². The maximum Gasteiger partial charge on any atom is 0.339 e. The van der Waals surface area contributed by atoms with Crippen molar-refractivity contribution in [2.45, 2.75) is 0 Å². The smallest absolute Gasteiger partial charge is 0.262 e. The van der Waals surface area contributed by atoms with Crippen LogP contribution >= 0.6 is 11.6 Å². The molecule has 0 bridgehead atoms. The minimum atomic E-state index is -0.162. The summed E-state index contributed by atoms with van der Waals surface area (Å²) in [4.78, 5) is 18.0. The second kappa shape index (κ2) is 5.19. The summed E-state index contributed by atoms with van der Waals surface area (Å²) in [7, 11) is 0. The average Bonchev–Trinajstić information content (AvgIpc) is 3.02. The fourth-order valence-electron chi connectivity index (χ4n) is 3.31. The number of hydrogen-bond acceptors (Lipinski definition) is 2. The molecule has 0 atom stereocenters. The van der Waals surface area contributed by atoms with E-state index in [-0.39, 0.29) is 5.69 Å². The summed E-state index contributed by atoms with van der Waals surface area (Å²) >= 11 is 6.15. The first-order valence-electron chi connectivity index (χ1n) is 7.91. The van der Waals surface area contributed by atoms with Crippen molar-refractivity contribution in [2.24, 2.45) is 0 Å². The second-order valence-electron chi connectivity index (χ2n) is 5.87. The minimum Gasteiger partial charge on any atom is -0.262 e. The molecule has 0 aliphatic heterocycles. The van der Waals surface area contributed by atoms with Crippen LogP contribution in [0.2, 0.25) is 5.02 Å². The molecule has 3 aromatic carbocycles. The lowest BCUT2D eigenvalue weighted by Crippen LogP contribution is -2.25. The van der Waals surface area contributed by atoms with Crippen LogP contribution in [0.4, 0.5) is 0 Å². The van der Waals surface area contributed by atoms with Gasteiger partial charge in [-0.15, -0.1) is 0 Å². The molecule has 4 nitrogen and oxygen atoms in total. The Morgan fingerprint density at radius 2 is 1.60 bits per heavy atom. The molecule has 0 aliphatic rings. The average molecular weight is 346 g/mol. The Morgan fingerprint density at radius 1 is 0.840 bits per heavy atom. The normalized spacial score (nSPS) is 11.6. The van der Waals surface area contributed by atoms with Crippen LogP contribution in [-0.2, 0) is 0 Å². The summed E-state index contributed by atoms with van der Waals surface area (Å²) in [5.74, 6) is 0. The number of para-hydroxylation sites is 2. The first-order chi connectivity index (χ1) is 12.2. The van der Waals surface area contributed by atoms with E-state index < -0.39 is 0 Å². The summed E-state index contributed by atoms with van der Waals surface area (Å²) < 4.78 is 3.35. The lowest BCUT2D eigenvalue weighted by molar-refractivity contribution is 0.932. The molecule has 0 N–H and O–H groups in total. The third kappa shape index (κ3) is 2.01. The first kappa shape index (κ1) is 14.3. The molecule has 0 aliphatic carbocycles. The van der Waals surface area contributed by atoms with Gasteiger partial charge in [-0.1, -0.05) is 41.9 Å². The number of halogens is 1. The molecule has 25 heavy (non-hydrogen) atoms. The van der Waals surface area contributed by atoms with Gasteiger partial charge in [-0.3, -0.25) is 4.57 Å². The molecular formula is C20H12ClN3O. The SMILES string of the molecule is O=c1n(-c2ccccc2)c2ccccc2c2nc3ccc(Cl)cc3n12. The highest BCUT2D eigenvalue weighted by Crippen LogP contribution is 2.25. The van der Waals surface area contributed by atoms with Crippen molar-refractivity contribution in [3.63, 3.8) is 0 Å². The van der Waals surface area contributed by atoms with Gasteiger partial charge in [0.2, 0.25) is 0 Å². The summed E-state index contributed by atoms with van der Waals surface area (Å²) in [6, 6.07) is 22.8. The molecule has 0 radical (unpaired) electrons. The zero-order valence-corrected chi connectivity index (χ0v) is 13.8. The van der Waals surface area contributed by atoms with E-state index in [9.17, 15) is 4.79 Å². The van der Waals surface area contributed by atoms with Crippen molar-refractivity contribution in [1.29, 1.82) is 0 Å². The topological polar surface area (TPSA) is 39.3 Å². The van der Waals surface area contributed by atoms with Gasteiger partial charge in [-0.05, 0) is 42.5 Å². The summed E-state index contributed by atoms with van der Waals surface area (Å²) in [5.41, 5.74) is 3.58. The monoisotopic (exact) mass is 345 g/mol. The number of hydrogen-bond donors (Lipinski definition) is 0. The van der Waals surface area contributed by atoms with Crippen LogP contribution in [0.25, 0.3) is 33.3 Å². The van der Waals surface area contributed by atoms with Gasteiger partial charge in [0.05, 0.1) is 22.2 Å². The maximum atomic E-state index is 13.4. The lowest BCUT2D eigenvalue weighted by atomic mass is 10.2.